The normalized spacial score (nSPS) is 14.7. The largest absolute Gasteiger partial charge is 0.342 e. The fourth-order valence-electron chi connectivity index (χ4n) is 4.43. The molecule has 7 heteroatoms. The summed E-state index contributed by atoms with van der Waals surface area (Å²) >= 11 is 0. The Balaban J connectivity index is 1.29. The number of hydrogen-bond donors (Lipinski definition) is 1. The summed E-state index contributed by atoms with van der Waals surface area (Å²) in [5, 5.41) is 0. The van der Waals surface area contributed by atoms with Crippen molar-refractivity contribution in [3.63, 3.8) is 0 Å². The molecule has 0 aliphatic heterocycles. The van der Waals surface area contributed by atoms with Gasteiger partial charge < -0.3 is 14.5 Å². The average Bonchev–Trinajstić information content (AvgIpc) is 3.49. The maximum absolute atomic E-state index is 12.9. The SMILES string of the molecule is Cc1cccc2[nH]c(CCN(C)C(=O)c3cnc4c(c3)ncn4C3CCCC3)nc12. The molecule has 0 saturated heterocycles. The van der Waals surface area contributed by atoms with Gasteiger partial charge in [0.2, 0.25) is 0 Å². The molecule has 5 rings (SSSR count). The first-order valence-corrected chi connectivity index (χ1v) is 10.6. The van der Waals surface area contributed by atoms with Gasteiger partial charge in [-0.3, -0.25) is 4.79 Å². The third kappa shape index (κ3) is 3.34. The minimum atomic E-state index is -0.0490. The summed E-state index contributed by atoms with van der Waals surface area (Å²) in [4.78, 5) is 31.8. The summed E-state index contributed by atoms with van der Waals surface area (Å²) in [6, 6.07) is 8.45. The molecule has 1 aliphatic rings. The van der Waals surface area contributed by atoms with Crippen LogP contribution in [0.2, 0.25) is 0 Å². The molecular formula is C23H26N6O. The number of carbonyl (C=O) groups is 1. The van der Waals surface area contributed by atoms with Crippen molar-refractivity contribution >= 4 is 28.1 Å². The number of fused-ring (bicyclic) bond motifs is 2. The Morgan fingerprint density at radius 2 is 2.10 bits per heavy atom. The van der Waals surface area contributed by atoms with E-state index in [1.165, 1.54) is 25.7 Å². The number of aromatic amines is 1. The van der Waals surface area contributed by atoms with E-state index in [1.54, 1.807) is 11.1 Å². The Morgan fingerprint density at radius 1 is 1.27 bits per heavy atom. The number of rotatable bonds is 5. The third-order valence-electron chi connectivity index (χ3n) is 6.17. The standard InChI is InChI=1S/C23H26N6O/c1-15-6-5-9-18-21(15)27-20(26-18)10-11-28(2)23(30)16-12-19-22(24-13-16)29(14-25-19)17-7-3-4-8-17/h5-6,9,12-14,17H,3-4,7-8,10-11H2,1-2H3,(H,26,27). The minimum absolute atomic E-state index is 0.0490. The molecule has 0 radical (unpaired) electrons. The highest BCUT2D eigenvalue weighted by atomic mass is 16.2. The Labute approximate surface area is 175 Å². The topological polar surface area (TPSA) is 79.7 Å². The number of benzene rings is 1. The van der Waals surface area contributed by atoms with Gasteiger partial charge >= 0.3 is 0 Å². The second-order valence-electron chi connectivity index (χ2n) is 8.29. The van der Waals surface area contributed by atoms with Crippen LogP contribution in [0.25, 0.3) is 22.2 Å². The molecule has 3 heterocycles. The van der Waals surface area contributed by atoms with Crippen molar-refractivity contribution in [3.8, 4) is 0 Å². The van der Waals surface area contributed by atoms with Crippen LogP contribution in [0.1, 0.15) is 53.5 Å². The van der Waals surface area contributed by atoms with Crippen LogP contribution >= 0.6 is 0 Å². The molecule has 1 N–H and O–H groups in total. The van der Waals surface area contributed by atoms with Gasteiger partial charge in [-0.25, -0.2) is 15.0 Å². The highest BCUT2D eigenvalue weighted by molar-refractivity contribution is 5.96. The number of aromatic nitrogens is 5. The van der Waals surface area contributed by atoms with Crippen molar-refractivity contribution in [2.24, 2.45) is 0 Å². The number of pyridine rings is 1. The summed E-state index contributed by atoms with van der Waals surface area (Å²) in [5.74, 6) is 0.843. The lowest BCUT2D eigenvalue weighted by molar-refractivity contribution is 0.0796. The van der Waals surface area contributed by atoms with E-state index in [0.717, 1.165) is 33.6 Å². The van der Waals surface area contributed by atoms with E-state index in [1.807, 2.05) is 31.6 Å². The number of H-pyrrole nitrogens is 1. The summed E-state index contributed by atoms with van der Waals surface area (Å²) in [6.07, 6.45) is 9.10. The summed E-state index contributed by atoms with van der Waals surface area (Å²) in [7, 11) is 1.82. The minimum Gasteiger partial charge on any atom is -0.342 e. The van der Waals surface area contributed by atoms with Gasteiger partial charge in [0.15, 0.2) is 5.65 Å². The fraction of sp³-hybridized carbons (Fsp3) is 0.391. The molecule has 1 saturated carbocycles. The van der Waals surface area contributed by atoms with E-state index in [4.69, 9.17) is 0 Å². The molecule has 154 valence electrons. The van der Waals surface area contributed by atoms with Crippen molar-refractivity contribution in [2.75, 3.05) is 13.6 Å². The molecule has 0 atom stereocenters. The molecule has 0 spiro atoms. The van der Waals surface area contributed by atoms with Gasteiger partial charge in [-0.2, -0.15) is 0 Å². The van der Waals surface area contributed by atoms with Crippen LogP contribution in [0.4, 0.5) is 0 Å². The van der Waals surface area contributed by atoms with Crippen molar-refractivity contribution in [3.05, 3.63) is 53.7 Å². The number of amides is 1. The smallest absolute Gasteiger partial charge is 0.255 e. The second kappa shape index (κ2) is 7.55. The van der Waals surface area contributed by atoms with E-state index in [9.17, 15) is 4.79 Å². The lowest BCUT2D eigenvalue weighted by Gasteiger charge is -2.16. The van der Waals surface area contributed by atoms with E-state index in [-0.39, 0.29) is 5.91 Å². The van der Waals surface area contributed by atoms with Crippen molar-refractivity contribution in [1.82, 2.24) is 29.4 Å². The highest BCUT2D eigenvalue weighted by Gasteiger charge is 2.21. The maximum atomic E-state index is 12.9. The number of carbonyl (C=O) groups excluding carboxylic acids is 1. The van der Waals surface area contributed by atoms with Gasteiger partial charge in [-0.05, 0) is 37.5 Å². The zero-order chi connectivity index (χ0) is 20.7. The number of imidazole rings is 2. The highest BCUT2D eigenvalue weighted by Crippen LogP contribution is 2.31. The summed E-state index contributed by atoms with van der Waals surface area (Å²) < 4.78 is 2.17. The van der Waals surface area contributed by atoms with E-state index in [2.05, 4.69) is 37.5 Å². The molecule has 4 aromatic rings. The van der Waals surface area contributed by atoms with Crippen LogP contribution in [-0.4, -0.2) is 48.9 Å². The number of likely N-dealkylation sites (N-methyl/N-ethyl adjacent to an activating group) is 1. The van der Waals surface area contributed by atoms with Gasteiger partial charge in [0.25, 0.3) is 5.91 Å². The zero-order valence-corrected chi connectivity index (χ0v) is 17.4. The van der Waals surface area contributed by atoms with Crippen LogP contribution in [0.3, 0.4) is 0 Å². The molecule has 7 nitrogen and oxygen atoms in total. The van der Waals surface area contributed by atoms with Gasteiger partial charge in [-0.1, -0.05) is 25.0 Å². The van der Waals surface area contributed by atoms with Crippen molar-refractivity contribution in [2.45, 2.75) is 45.1 Å². The molecular weight excluding hydrogens is 376 g/mol. The zero-order valence-electron chi connectivity index (χ0n) is 17.4. The Bertz CT molecular complexity index is 1220. The molecule has 1 amide bonds. The number of aryl methyl sites for hydroxylation is 1. The molecule has 3 aromatic heterocycles. The molecule has 1 aliphatic carbocycles. The van der Waals surface area contributed by atoms with Crippen molar-refractivity contribution in [1.29, 1.82) is 0 Å². The number of hydrogen-bond acceptors (Lipinski definition) is 4. The summed E-state index contributed by atoms with van der Waals surface area (Å²) in [5.41, 5.74) is 5.41. The van der Waals surface area contributed by atoms with E-state index >= 15 is 0 Å². The number of nitrogens with one attached hydrogen (secondary N) is 1. The monoisotopic (exact) mass is 402 g/mol. The third-order valence-corrected chi connectivity index (χ3v) is 6.17. The first kappa shape index (κ1) is 18.8. The first-order chi connectivity index (χ1) is 14.6. The lowest BCUT2D eigenvalue weighted by Crippen LogP contribution is -2.29. The quantitative estimate of drug-likeness (QED) is 0.546. The van der Waals surface area contributed by atoms with Gasteiger partial charge in [0.1, 0.15) is 11.3 Å². The Kier molecular flexibility index (Phi) is 4.73. The number of nitrogens with zero attached hydrogens (tertiary/aromatic N) is 5. The van der Waals surface area contributed by atoms with Gasteiger partial charge in [0, 0.05) is 32.3 Å². The van der Waals surface area contributed by atoms with Gasteiger partial charge in [-0.15, -0.1) is 0 Å². The molecule has 0 bridgehead atoms. The fourth-order valence-corrected chi connectivity index (χ4v) is 4.43. The van der Waals surface area contributed by atoms with Crippen LogP contribution in [-0.2, 0) is 6.42 Å². The second-order valence-corrected chi connectivity index (χ2v) is 8.29. The predicted molar refractivity (Wildman–Crippen MR) is 117 cm³/mol. The lowest BCUT2D eigenvalue weighted by atomic mass is 10.2. The maximum Gasteiger partial charge on any atom is 0.255 e. The first-order valence-electron chi connectivity index (χ1n) is 10.6. The van der Waals surface area contributed by atoms with Crippen LogP contribution in [0.5, 0.6) is 0 Å². The average molecular weight is 403 g/mol. The summed E-state index contributed by atoms with van der Waals surface area (Å²) in [6.45, 7) is 2.63. The number of para-hydroxylation sites is 1. The molecule has 1 aromatic carbocycles. The van der Waals surface area contributed by atoms with Crippen molar-refractivity contribution < 1.29 is 4.79 Å². The molecule has 0 unspecified atom stereocenters. The van der Waals surface area contributed by atoms with E-state index in [0.29, 0.717) is 24.6 Å². The molecule has 1 fully saturated rings. The molecule has 30 heavy (non-hydrogen) atoms. The Hall–Kier alpha value is -3.22. The van der Waals surface area contributed by atoms with Gasteiger partial charge in [0.05, 0.1) is 22.9 Å². The van der Waals surface area contributed by atoms with E-state index < -0.39 is 0 Å². The predicted octanol–water partition coefficient (Wildman–Crippen LogP) is 4.05. The Morgan fingerprint density at radius 3 is 2.90 bits per heavy atom. The van der Waals surface area contributed by atoms with Crippen LogP contribution in [0.15, 0.2) is 36.8 Å². The van der Waals surface area contributed by atoms with Crippen LogP contribution in [0, 0.1) is 6.92 Å². The van der Waals surface area contributed by atoms with Crippen LogP contribution < -0.4 is 0 Å².